The van der Waals surface area contributed by atoms with Crippen LogP contribution in [0.15, 0.2) is 10.8 Å². The first-order chi connectivity index (χ1) is 7.87. The number of halogens is 1. The van der Waals surface area contributed by atoms with E-state index in [-0.39, 0.29) is 17.8 Å². The molecule has 1 amide bonds. The van der Waals surface area contributed by atoms with Gasteiger partial charge in [0, 0.05) is 30.0 Å². The Labute approximate surface area is 104 Å². The van der Waals surface area contributed by atoms with Crippen molar-refractivity contribution >= 4 is 17.4 Å². The smallest absolute Gasteiger partial charge is 0.410 e. The van der Waals surface area contributed by atoms with Crippen LogP contribution in [0, 0.1) is 5.82 Å². The second kappa shape index (κ2) is 4.29. The lowest BCUT2D eigenvalue weighted by Crippen LogP contribution is -2.50. The van der Waals surface area contributed by atoms with E-state index in [2.05, 4.69) is 0 Å². The lowest BCUT2D eigenvalue weighted by molar-refractivity contribution is 0.00795. The topological polar surface area (TPSA) is 29.5 Å². The Kier molecular flexibility index (Phi) is 3.12. The molecule has 0 N–H and O–H groups in total. The van der Waals surface area contributed by atoms with E-state index in [0.717, 1.165) is 5.56 Å². The number of hydrogen-bond acceptors (Lipinski definition) is 3. The van der Waals surface area contributed by atoms with Crippen molar-refractivity contribution in [1.29, 1.82) is 0 Å². The number of carbonyl (C=O) groups is 1. The van der Waals surface area contributed by atoms with Gasteiger partial charge in [-0.3, -0.25) is 0 Å². The standard InChI is InChI=1S/C12H16FNO2S/c1-12(2,3)16-11(15)14-4-8(5-14)9-6-17-7-10(9)13/h6-8H,4-5H2,1-3H3. The average molecular weight is 257 g/mol. The molecule has 5 heteroatoms. The minimum atomic E-state index is -0.476. The molecule has 94 valence electrons. The predicted octanol–water partition coefficient (Wildman–Crippen LogP) is 3.22. The highest BCUT2D eigenvalue weighted by atomic mass is 32.1. The van der Waals surface area contributed by atoms with Gasteiger partial charge in [-0.1, -0.05) is 0 Å². The van der Waals surface area contributed by atoms with Gasteiger partial charge in [0.1, 0.15) is 11.4 Å². The molecule has 0 bridgehead atoms. The molecule has 1 aliphatic heterocycles. The van der Waals surface area contributed by atoms with Gasteiger partial charge in [0.25, 0.3) is 0 Å². The van der Waals surface area contributed by atoms with E-state index < -0.39 is 5.60 Å². The zero-order chi connectivity index (χ0) is 12.6. The maximum Gasteiger partial charge on any atom is 0.410 e. The first kappa shape index (κ1) is 12.4. The predicted molar refractivity (Wildman–Crippen MR) is 64.8 cm³/mol. The Morgan fingerprint density at radius 1 is 1.47 bits per heavy atom. The van der Waals surface area contributed by atoms with Gasteiger partial charge >= 0.3 is 6.09 Å². The summed E-state index contributed by atoms with van der Waals surface area (Å²) < 4.78 is 18.5. The van der Waals surface area contributed by atoms with Crippen molar-refractivity contribution in [2.24, 2.45) is 0 Å². The summed E-state index contributed by atoms with van der Waals surface area (Å²) >= 11 is 1.35. The molecule has 17 heavy (non-hydrogen) atoms. The zero-order valence-corrected chi connectivity index (χ0v) is 11.0. The van der Waals surface area contributed by atoms with Crippen LogP contribution < -0.4 is 0 Å². The van der Waals surface area contributed by atoms with Gasteiger partial charge in [0.2, 0.25) is 0 Å². The van der Waals surface area contributed by atoms with Gasteiger partial charge in [-0.25, -0.2) is 9.18 Å². The summed E-state index contributed by atoms with van der Waals surface area (Å²) in [5.41, 5.74) is 0.241. The Morgan fingerprint density at radius 2 is 2.12 bits per heavy atom. The van der Waals surface area contributed by atoms with Gasteiger partial charge in [0.05, 0.1) is 0 Å². The third-order valence-electron chi connectivity index (χ3n) is 2.62. The summed E-state index contributed by atoms with van der Waals surface area (Å²) in [7, 11) is 0. The molecule has 1 saturated heterocycles. The lowest BCUT2D eigenvalue weighted by Gasteiger charge is -2.39. The van der Waals surface area contributed by atoms with Crippen LogP contribution in [0.3, 0.4) is 0 Å². The van der Waals surface area contributed by atoms with E-state index in [4.69, 9.17) is 4.74 Å². The Hall–Kier alpha value is -1.10. The molecule has 1 aromatic heterocycles. The van der Waals surface area contributed by atoms with Gasteiger partial charge in [-0.2, -0.15) is 0 Å². The third kappa shape index (κ3) is 2.77. The van der Waals surface area contributed by atoms with Crippen LogP contribution in [0.4, 0.5) is 9.18 Å². The summed E-state index contributed by atoms with van der Waals surface area (Å²) in [5, 5.41) is 3.30. The second-order valence-corrected chi connectivity index (χ2v) is 6.00. The molecule has 1 fully saturated rings. The molecule has 2 heterocycles. The molecule has 0 aromatic carbocycles. The fourth-order valence-electron chi connectivity index (χ4n) is 1.73. The van der Waals surface area contributed by atoms with Crippen molar-refractivity contribution < 1.29 is 13.9 Å². The van der Waals surface area contributed by atoms with Crippen LogP contribution >= 0.6 is 11.3 Å². The zero-order valence-electron chi connectivity index (χ0n) is 10.2. The van der Waals surface area contributed by atoms with Crippen molar-refractivity contribution in [3.8, 4) is 0 Å². The maximum absolute atomic E-state index is 13.3. The van der Waals surface area contributed by atoms with Crippen molar-refractivity contribution in [2.45, 2.75) is 32.3 Å². The molecule has 0 radical (unpaired) electrons. The van der Waals surface area contributed by atoms with Crippen molar-refractivity contribution in [3.05, 3.63) is 22.1 Å². The quantitative estimate of drug-likeness (QED) is 0.773. The fourth-order valence-corrected chi connectivity index (χ4v) is 2.51. The number of thiophene rings is 1. The van der Waals surface area contributed by atoms with Crippen LogP contribution in [0.2, 0.25) is 0 Å². The van der Waals surface area contributed by atoms with Gasteiger partial charge < -0.3 is 9.64 Å². The van der Waals surface area contributed by atoms with Crippen LogP contribution in [0.25, 0.3) is 0 Å². The largest absolute Gasteiger partial charge is 0.444 e. The third-order valence-corrected chi connectivity index (χ3v) is 3.35. The summed E-state index contributed by atoms with van der Waals surface area (Å²) in [6.07, 6.45) is -0.315. The Bertz CT molecular complexity index is 418. The Balaban J connectivity index is 1.87. The first-order valence-corrected chi connectivity index (χ1v) is 6.50. The molecule has 3 nitrogen and oxygen atoms in total. The molecule has 2 rings (SSSR count). The number of rotatable bonds is 1. The SMILES string of the molecule is CC(C)(C)OC(=O)N1CC(c2cscc2F)C1. The normalized spacial score (nSPS) is 16.8. The van der Waals surface area contributed by atoms with Crippen LogP contribution in [-0.4, -0.2) is 29.7 Å². The minimum Gasteiger partial charge on any atom is -0.444 e. The molecule has 0 aliphatic carbocycles. The molecule has 0 unspecified atom stereocenters. The summed E-state index contributed by atoms with van der Waals surface area (Å²) in [5.74, 6) is -0.0439. The highest BCUT2D eigenvalue weighted by Crippen LogP contribution is 2.31. The molecule has 1 aromatic rings. The molecular formula is C12H16FNO2S. The number of hydrogen-bond donors (Lipinski definition) is 0. The van der Waals surface area contributed by atoms with Crippen molar-refractivity contribution in [1.82, 2.24) is 4.90 Å². The van der Waals surface area contributed by atoms with E-state index in [1.54, 1.807) is 4.90 Å². The number of ether oxygens (including phenoxy) is 1. The van der Waals surface area contributed by atoms with E-state index >= 15 is 0 Å². The summed E-state index contributed by atoms with van der Waals surface area (Å²) in [6.45, 7) is 6.59. The van der Waals surface area contributed by atoms with E-state index in [1.165, 1.54) is 16.7 Å². The number of likely N-dealkylation sites (tertiary alicyclic amines) is 1. The van der Waals surface area contributed by atoms with Crippen LogP contribution in [0.5, 0.6) is 0 Å². The number of amides is 1. The summed E-state index contributed by atoms with van der Waals surface area (Å²) in [6, 6.07) is 0. The second-order valence-electron chi connectivity index (χ2n) is 5.26. The maximum atomic E-state index is 13.3. The minimum absolute atomic E-state index is 0.119. The van der Waals surface area contributed by atoms with E-state index in [0.29, 0.717) is 13.1 Å². The molecule has 0 atom stereocenters. The van der Waals surface area contributed by atoms with E-state index in [9.17, 15) is 9.18 Å². The first-order valence-electron chi connectivity index (χ1n) is 5.56. The van der Waals surface area contributed by atoms with Crippen molar-refractivity contribution in [3.63, 3.8) is 0 Å². The monoisotopic (exact) mass is 257 g/mol. The summed E-state index contributed by atoms with van der Waals surface area (Å²) in [4.78, 5) is 13.3. The molecule has 1 aliphatic rings. The molecule has 0 spiro atoms. The lowest BCUT2D eigenvalue weighted by atomic mass is 9.94. The number of carbonyl (C=O) groups excluding carboxylic acids is 1. The van der Waals surface area contributed by atoms with Crippen molar-refractivity contribution in [2.75, 3.05) is 13.1 Å². The fraction of sp³-hybridized carbons (Fsp3) is 0.583. The van der Waals surface area contributed by atoms with Crippen LogP contribution in [-0.2, 0) is 4.74 Å². The number of nitrogens with zero attached hydrogens (tertiary/aromatic N) is 1. The molecule has 0 saturated carbocycles. The highest BCUT2D eigenvalue weighted by Gasteiger charge is 2.35. The molecular weight excluding hydrogens is 241 g/mol. The van der Waals surface area contributed by atoms with Crippen LogP contribution in [0.1, 0.15) is 32.3 Å². The highest BCUT2D eigenvalue weighted by molar-refractivity contribution is 7.08. The van der Waals surface area contributed by atoms with Gasteiger partial charge in [0.15, 0.2) is 0 Å². The van der Waals surface area contributed by atoms with Gasteiger partial charge in [-0.15, -0.1) is 11.3 Å². The van der Waals surface area contributed by atoms with E-state index in [1.807, 2.05) is 26.2 Å². The Morgan fingerprint density at radius 3 is 2.59 bits per heavy atom. The average Bonchev–Trinajstić information content (AvgIpc) is 2.46. The van der Waals surface area contributed by atoms with Gasteiger partial charge in [-0.05, 0) is 26.2 Å².